The Kier molecular flexibility index (Phi) is 11.6. The number of pyridine rings is 1. The third-order valence-corrected chi connectivity index (χ3v) is 6.07. The number of rotatable bonds is 14. The molecule has 0 saturated heterocycles. The number of carbonyl (C=O) groups is 4. The average molecular weight is 548 g/mol. The summed E-state index contributed by atoms with van der Waals surface area (Å²) in [4.78, 5) is 60.5. The summed E-state index contributed by atoms with van der Waals surface area (Å²) in [6.07, 6.45) is 1.97. The van der Waals surface area contributed by atoms with Crippen molar-refractivity contribution in [2.24, 2.45) is 5.92 Å². The van der Waals surface area contributed by atoms with E-state index < -0.39 is 29.8 Å². The molecule has 40 heavy (non-hydrogen) atoms. The predicted molar refractivity (Wildman–Crippen MR) is 151 cm³/mol. The molecule has 0 aliphatic heterocycles. The van der Waals surface area contributed by atoms with Crippen LogP contribution in [0.3, 0.4) is 0 Å². The molecule has 2 aromatic carbocycles. The number of aromatic nitrogens is 1. The maximum Gasteiger partial charge on any atom is 0.246 e. The summed E-state index contributed by atoms with van der Waals surface area (Å²) in [5.74, 6) is -1.81. The largest absolute Gasteiger partial charge is 0.350 e. The molecule has 0 saturated carbocycles. The zero-order valence-corrected chi connectivity index (χ0v) is 23.1. The molecule has 4 N–H and O–H groups in total. The zero-order chi connectivity index (χ0) is 28.9. The lowest BCUT2D eigenvalue weighted by molar-refractivity contribution is -0.138. The molecular formula is C30H37N5O5. The number of amides is 4. The van der Waals surface area contributed by atoms with E-state index in [9.17, 15) is 19.2 Å². The summed E-state index contributed by atoms with van der Waals surface area (Å²) >= 11 is 0. The Morgan fingerprint density at radius 3 is 2.38 bits per heavy atom. The van der Waals surface area contributed by atoms with Crippen molar-refractivity contribution in [3.8, 4) is 0 Å². The Labute approximate surface area is 234 Å². The van der Waals surface area contributed by atoms with Crippen molar-refractivity contribution in [3.63, 3.8) is 0 Å². The van der Waals surface area contributed by atoms with Gasteiger partial charge in [-0.15, -0.1) is 0 Å². The second-order valence-corrected chi connectivity index (χ2v) is 9.98. The SMILES string of the molecule is CC(C)CONC(=O)C[C@H](NC(=O)CCc1ccccc1)C(=O)N[C@@H](C)C(=O)NCc1cccc2ncccc12. The molecule has 0 unspecified atom stereocenters. The monoisotopic (exact) mass is 547 g/mol. The van der Waals surface area contributed by atoms with Crippen LogP contribution >= 0.6 is 0 Å². The highest BCUT2D eigenvalue weighted by Gasteiger charge is 2.27. The first-order valence-corrected chi connectivity index (χ1v) is 13.4. The van der Waals surface area contributed by atoms with Gasteiger partial charge in [0.1, 0.15) is 12.1 Å². The van der Waals surface area contributed by atoms with Crippen molar-refractivity contribution in [3.05, 3.63) is 78.0 Å². The molecule has 0 spiro atoms. The van der Waals surface area contributed by atoms with Gasteiger partial charge in [-0.1, -0.05) is 62.4 Å². The maximum absolute atomic E-state index is 13.1. The number of hydroxylamine groups is 1. The van der Waals surface area contributed by atoms with Crippen molar-refractivity contribution >= 4 is 34.5 Å². The third-order valence-electron chi connectivity index (χ3n) is 6.07. The summed E-state index contributed by atoms with van der Waals surface area (Å²) < 4.78 is 0. The second kappa shape index (κ2) is 15.3. The molecule has 0 aliphatic carbocycles. The van der Waals surface area contributed by atoms with Crippen LogP contribution in [-0.2, 0) is 37.0 Å². The Morgan fingerprint density at radius 2 is 1.62 bits per heavy atom. The van der Waals surface area contributed by atoms with Crippen LogP contribution in [0.15, 0.2) is 66.9 Å². The van der Waals surface area contributed by atoms with Crippen molar-refractivity contribution in [1.82, 2.24) is 26.4 Å². The van der Waals surface area contributed by atoms with Gasteiger partial charge in [0.25, 0.3) is 0 Å². The first kappa shape index (κ1) is 30.2. The molecule has 4 amide bonds. The first-order valence-electron chi connectivity index (χ1n) is 13.4. The second-order valence-electron chi connectivity index (χ2n) is 9.98. The number of hydrogen-bond acceptors (Lipinski definition) is 6. The number of carbonyl (C=O) groups excluding carboxylic acids is 4. The molecule has 0 bridgehead atoms. The molecule has 0 fully saturated rings. The van der Waals surface area contributed by atoms with E-state index in [0.717, 1.165) is 22.0 Å². The lowest BCUT2D eigenvalue weighted by Gasteiger charge is -2.21. The summed E-state index contributed by atoms with van der Waals surface area (Å²) in [6, 6.07) is 16.8. The number of nitrogens with zero attached hydrogens (tertiary/aromatic N) is 1. The maximum atomic E-state index is 13.1. The number of fused-ring (bicyclic) bond motifs is 1. The fourth-order valence-electron chi connectivity index (χ4n) is 3.93. The van der Waals surface area contributed by atoms with Crippen molar-refractivity contribution in [2.75, 3.05) is 6.61 Å². The quantitative estimate of drug-likeness (QED) is 0.229. The van der Waals surface area contributed by atoms with Gasteiger partial charge in [0.05, 0.1) is 18.5 Å². The topological polar surface area (TPSA) is 139 Å². The highest BCUT2D eigenvalue weighted by Crippen LogP contribution is 2.16. The van der Waals surface area contributed by atoms with Gasteiger partial charge in [0.15, 0.2) is 0 Å². The van der Waals surface area contributed by atoms with Crippen LogP contribution in [0.5, 0.6) is 0 Å². The fraction of sp³-hybridized carbons (Fsp3) is 0.367. The molecule has 10 nitrogen and oxygen atoms in total. The van der Waals surface area contributed by atoms with Crippen molar-refractivity contribution < 1.29 is 24.0 Å². The van der Waals surface area contributed by atoms with Gasteiger partial charge in [0, 0.05) is 24.5 Å². The Bertz CT molecular complexity index is 1290. The molecule has 212 valence electrons. The van der Waals surface area contributed by atoms with Gasteiger partial charge < -0.3 is 16.0 Å². The highest BCUT2D eigenvalue weighted by molar-refractivity contribution is 5.94. The minimum Gasteiger partial charge on any atom is -0.350 e. The van der Waals surface area contributed by atoms with Crippen LogP contribution in [0.4, 0.5) is 0 Å². The smallest absolute Gasteiger partial charge is 0.246 e. The van der Waals surface area contributed by atoms with Gasteiger partial charge in [-0.3, -0.25) is 29.0 Å². The molecule has 0 radical (unpaired) electrons. The molecule has 0 aliphatic rings. The lowest BCUT2D eigenvalue weighted by atomic mass is 10.1. The van der Waals surface area contributed by atoms with Crippen LogP contribution < -0.4 is 21.4 Å². The Balaban J connectivity index is 1.58. The summed E-state index contributed by atoms with van der Waals surface area (Å²) in [5, 5.41) is 8.99. The zero-order valence-electron chi connectivity index (χ0n) is 23.1. The van der Waals surface area contributed by atoms with E-state index in [0.29, 0.717) is 13.0 Å². The van der Waals surface area contributed by atoms with Crippen LogP contribution in [0.25, 0.3) is 10.9 Å². The van der Waals surface area contributed by atoms with Crippen LogP contribution in [0, 0.1) is 5.92 Å². The Morgan fingerprint density at radius 1 is 0.850 bits per heavy atom. The van der Waals surface area contributed by atoms with E-state index in [4.69, 9.17) is 4.84 Å². The van der Waals surface area contributed by atoms with E-state index in [1.54, 1.807) is 6.20 Å². The van der Waals surface area contributed by atoms with E-state index in [1.165, 1.54) is 6.92 Å². The van der Waals surface area contributed by atoms with E-state index in [-0.39, 0.29) is 31.2 Å². The molecule has 1 aromatic heterocycles. The van der Waals surface area contributed by atoms with E-state index in [2.05, 4.69) is 26.4 Å². The van der Waals surface area contributed by atoms with Gasteiger partial charge in [-0.2, -0.15) is 0 Å². The number of hydrogen-bond donors (Lipinski definition) is 4. The van der Waals surface area contributed by atoms with Crippen molar-refractivity contribution in [1.29, 1.82) is 0 Å². The molecular weight excluding hydrogens is 510 g/mol. The summed E-state index contributed by atoms with van der Waals surface area (Å²) in [5.41, 5.74) is 4.99. The van der Waals surface area contributed by atoms with Crippen LogP contribution in [-0.4, -0.2) is 47.3 Å². The van der Waals surface area contributed by atoms with Crippen molar-refractivity contribution in [2.45, 2.75) is 58.7 Å². The average Bonchev–Trinajstić information content (AvgIpc) is 2.94. The standard InChI is InChI=1S/C30H37N5O5/c1-20(2)19-40-35-28(37)17-26(34-27(36)15-14-22-9-5-4-6-10-22)30(39)33-21(3)29(38)32-18-23-11-7-13-25-24(23)12-8-16-31-25/h4-13,16,20-21,26H,14-15,17-19H2,1-3H3,(H,32,38)(H,33,39)(H,34,36)(H,35,37)/t21-,26-/m0/s1. The van der Waals surface area contributed by atoms with E-state index in [1.807, 2.05) is 74.5 Å². The summed E-state index contributed by atoms with van der Waals surface area (Å²) in [7, 11) is 0. The lowest BCUT2D eigenvalue weighted by Crippen LogP contribution is -2.53. The molecule has 1 heterocycles. The molecule has 3 aromatic rings. The molecule has 10 heteroatoms. The molecule has 2 atom stereocenters. The minimum absolute atomic E-state index is 0.134. The first-order chi connectivity index (χ1) is 19.2. The van der Waals surface area contributed by atoms with Crippen LogP contribution in [0.2, 0.25) is 0 Å². The van der Waals surface area contributed by atoms with Gasteiger partial charge >= 0.3 is 0 Å². The normalized spacial score (nSPS) is 12.4. The van der Waals surface area contributed by atoms with E-state index >= 15 is 0 Å². The highest BCUT2D eigenvalue weighted by atomic mass is 16.6. The van der Waals surface area contributed by atoms with Gasteiger partial charge in [-0.25, -0.2) is 5.48 Å². The predicted octanol–water partition coefficient (Wildman–Crippen LogP) is 2.57. The molecule has 3 rings (SSSR count). The van der Waals surface area contributed by atoms with Gasteiger partial charge in [-0.05, 0) is 42.5 Å². The number of nitrogens with one attached hydrogen (secondary N) is 4. The minimum atomic E-state index is -1.19. The van der Waals surface area contributed by atoms with Crippen LogP contribution in [0.1, 0.15) is 44.7 Å². The Hall–Kier alpha value is -4.31. The number of benzene rings is 2. The van der Waals surface area contributed by atoms with Gasteiger partial charge in [0.2, 0.25) is 23.6 Å². The summed E-state index contributed by atoms with van der Waals surface area (Å²) in [6.45, 7) is 5.95. The number of aryl methyl sites for hydroxylation is 1. The fourth-order valence-corrected chi connectivity index (χ4v) is 3.93. The third kappa shape index (κ3) is 9.77.